The van der Waals surface area contributed by atoms with Crippen LogP contribution in [-0.2, 0) is 9.09 Å². The summed E-state index contributed by atoms with van der Waals surface area (Å²) in [5, 5.41) is 0. The first-order valence-electron chi connectivity index (χ1n) is 1.87. The van der Waals surface area contributed by atoms with Gasteiger partial charge < -0.3 is 9.79 Å². The fourth-order valence-corrected chi connectivity index (χ4v) is 0.449. The van der Waals surface area contributed by atoms with E-state index in [1.165, 1.54) is 6.08 Å². The molecule has 0 saturated heterocycles. The van der Waals surface area contributed by atoms with Gasteiger partial charge in [0.15, 0.2) is 0 Å². The van der Waals surface area contributed by atoms with Crippen molar-refractivity contribution in [2.75, 3.05) is 6.61 Å². The van der Waals surface area contributed by atoms with Crippen LogP contribution in [0.4, 0.5) is 0 Å². The van der Waals surface area contributed by atoms with Crippen LogP contribution in [0.3, 0.4) is 0 Å². The topological polar surface area (TPSA) is 66.8 Å². The Morgan fingerprint density at radius 2 is 2.11 bits per heavy atom. The van der Waals surface area contributed by atoms with E-state index in [2.05, 4.69) is 11.1 Å². The molecule has 0 aromatic carbocycles. The Hall–Kier alpha value is 0.447. The van der Waals surface area contributed by atoms with Crippen LogP contribution < -0.4 is 0 Å². The van der Waals surface area contributed by atoms with Crippen LogP contribution in [-0.4, -0.2) is 35.3 Å². The average molecular weight is 146 g/mol. The van der Waals surface area contributed by atoms with Crippen molar-refractivity contribution in [2.24, 2.45) is 0 Å². The summed E-state index contributed by atoms with van der Waals surface area (Å²) >= 11 is 0. The fraction of sp³-hybridized carbons (Fsp3) is 0.333. The molecule has 0 amide bonds. The normalized spacial score (nSPS) is 10.0. The molecule has 0 rings (SSSR count). The minimum absolute atomic E-state index is 0. The van der Waals surface area contributed by atoms with Crippen LogP contribution in [0, 0.1) is 0 Å². The molecule has 0 fully saturated rings. The zero-order valence-electron chi connectivity index (χ0n) is 4.15. The van der Waals surface area contributed by atoms with Gasteiger partial charge in [-0.05, 0) is 0 Å². The first-order valence-corrected chi connectivity index (χ1v) is 3.40. The van der Waals surface area contributed by atoms with Crippen LogP contribution in [0.5, 0.6) is 0 Å². The van der Waals surface area contributed by atoms with Gasteiger partial charge in [0.05, 0.1) is 6.61 Å². The Balaban J connectivity index is 0. The summed E-state index contributed by atoms with van der Waals surface area (Å²) in [6.07, 6.45) is 1.26. The Morgan fingerprint density at radius 1 is 1.67 bits per heavy atom. The second-order valence-electron chi connectivity index (χ2n) is 1.08. The maximum atomic E-state index is 9.81. The van der Waals surface area contributed by atoms with Crippen LogP contribution in [0.25, 0.3) is 0 Å². The van der Waals surface area contributed by atoms with Gasteiger partial charge in [-0.25, -0.2) is 4.57 Å². The Bertz CT molecular complexity index is 119. The van der Waals surface area contributed by atoms with Crippen molar-refractivity contribution < 1.29 is 18.9 Å². The van der Waals surface area contributed by atoms with E-state index in [9.17, 15) is 4.57 Å². The number of rotatable bonds is 3. The van der Waals surface area contributed by atoms with Gasteiger partial charge >= 0.3 is 26.7 Å². The van der Waals surface area contributed by atoms with E-state index in [-0.39, 0.29) is 25.5 Å². The molecule has 0 aliphatic carbocycles. The summed E-state index contributed by atoms with van der Waals surface area (Å²) in [7, 11) is -4.25. The number of phosphoric ester groups is 1. The molecular weight excluding hydrogens is 138 g/mol. The summed E-state index contributed by atoms with van der Waals surface area (Å²) in [4.78, 5) is 16.0. The van der Waals surface area contributed by atoms with Gasteiger partial charge in [-0.2, -0.15) is 0 Å². The Morgan fingerprint density at radius 3 is 2.22 bits per heavy atom. The standard InChI is InChI=1S/C3H7O4P.Li.H/c1-2-3-7-8(4,5)6;;/h2H,1,3H2,(H2,4,5,6);;. The molecule has 0 spiro atoms. The summed E-state index contributed by atoms with van der Waals surface area (Å²) in [5.74, 6) is 0. The van der Waals surface area contributed by atoms with E-state index in [4.69, 9.17) is 9.79 Å². The van der Waals surface area contributed by atoms with Crippen molar-refractivity contribution in [3.8, 4) is 0 Å². The zero-order chi connectivity index (χ0) is 6.62. The van der Waals surface area contributed by atoms with Crippen LogP contribution in [0.2, 0.25) is 0 Å². The van der Waals surface area contributed by atoms with Gasteiger partial charge in [0, 0.05) is 0 Å². The molecule has 2 N–H and O–H groups in total. The van der Waals surface area contributed by atoms with E-state index in [1.807, 2.05) is 0 Å². The Kier molecular flexibility index (Phi) is 7.09. The van der Waals surface area contributed by atoms with Gasteiger partial charge in [-0.3, -0.25) is 4.52 Å². The first kappa shape index (κ1) is 12.2. The number of phosphoric acid groups is 1. The SMILES string of the molecule is C=CCOP(=O)(O)O.[LiH]. The van der Waals surface area contributed by atoms with Gasteiger partial charge in [0.25, 0.3) is 0 Å². The van der Waals surface area contributed by atoms with E-state index in [1.54, 1.807) is 0 Å². The molecule has 9 heavy (non-hydrogen) atoms. The molecule has 0 unspecified atom stereocenters. The second kappa shape index (κ2) is 5.25. The van der Waals surface area contributed by atoms with Crippen molar-refractivity contribution in [3.63, 3.8) is 0 Å². The van der Waals surface area contributed by atoms with Gasteiger partial charge in [0.2, 0.25) is 0 Å². The second-order valence-corrected chi connectivity index (χ2v) is 2.31. The number of hydrogen-bond donors (Lipinski definition) is 2. The summed E-state index contributed by atoms with van der Waals surface area (Å²) in [5.41, 5.74) is 0. The van der Waals surface area contributed by atoms with Crippen LogP contribution in [0.15, 0.2) is 12.7 Å². The molecule has 0 bridgehead atoms. The van der Waals surface area contributed by atoms with Crippen molar-refractivity contribution in [3.05, 3.63) is 12.7 Å². The average Bonchev–Trinajstić information content (AvgIpc) is 1.59. The molecule has 0 atom stereocenters. The molecule has 0 aliphatic heterocycles. The van der Waals surface area contributed by atoms with Gasteiger partial charge in [-0.1, -0.05) is 6.08 Å². The number of hydrogen-bond acceptors (Lipinski definition) is 2. The van der Waals surface area contributed by atoms with Crippen molar-refractivity contribution in [1.29, 1.82) is 0 Å². The first-order chi connectivity index (χ1) is 3.56. The molecule has 50 valence electrons. The molecule has 0 saturated carbocycles. The van der Waals surface area contributed by atoms with Crippen molar-refractivity contribution in [1.82, 2.24) is 0 Å². The predicted octanol–water partition coefficient (Wildman–Crippen LogP) is -0.367. The third-order valence-corrected chi connectivity index (χ3v) is 0.846. The maximum absolute atomic E-state index is 9.81. The molecule has 0 heterocycles. The van der Waals surface area contributed by atoms with E-state index < -0.39 is 7.82 Å². The zero-order valence-corrected chi connectivity index (χ0v) is 5.04. The summed E-state index contributed by atoms with van der Waals surface area (Å²) < 4.78 is 13.7. The summed E-state index contributed by atoms with van der Waals surface area (Å²) in [6, 6.07) is 0. The molecule has 0 radical (unpaired) electrons. The predicted molar refractivity (Wildman–Crippen MR) is 35.3 cm³/mol. The van der Waals surface area contributed by atoms with E-state index >= 15 is 0 Å². The van der Waals surface area contributed by atoms with Crippen LogP contribution >= 0.6 is 7.82 Å². The van der Waals surface area contributed by atoms with Gasteiger partial charge in [0.1, 0.15) is 0 Å². The molecule has 4 nitrogen and oxygen atoms in total. The van der Waals surface area contributed by atoms with Crippen molar-refractivity contribution >= 4 is 26.7 Å². The van der Waals surface area contributed by atoms with Crippen LogP contribution in [0.1, 0.15) is 0 Å². The summed E-state index contributed by atoms with van der Waals surface area (Å²) in [6.45, 7) is 3.07. The van der Waals surface area contributed by atoms with Crippen molar-refractivity contribution in [2.45, 2.75) is 0 Å². The Labute approximate surface area is 65.3 Å². The minimum atomic E-state index is -4.25. The quantitative estimate of drug-likeness (QED) is 0.324. The molecule has 6 heteroatoms. The fourth-order valence-electron chi connectivity index (χ4n) is 0.150. The third kappa shape index (κ3) is 11.8. The molecule has 0 aromatic rings. The molecule has 0 aromatic heterocycles. The van der Waals surface area contributed by atoms with Gasteiger partial charge in [-0.15, -0.1) is 6.58 Å². The monoisotopic (exact) mass is 146 g/mol. The molecular formula is C3H8LiO4P. The molecule has 0 aliphatic rings. The van der Waals surface area contributed by atoms with E-state index in [0.29, 0.717) is 0 Å². The van der Waals surface area contributed by atoms with E-state index in [0.717, 1.165) is 0 Å². The third-order valence-electron chi connectivity index (χ3n) is 0.361.